The molecule has 1 amide bonds. The van der Waals surface area contributed by atoms with Crippen molar-refractivity contribution in [1.29, 1.82) is 0 Å². The van der Waals surface area contributed by atoms with Crippen LogP contribution in [0, 0.1) is 0 Å². The maximum atomic E-state index is 12.4. The molecule has 0 aliphatic carbocycles. The van der Waals surface area contributed by atoms with Crippen LogP contribution in [0.4, 0.5) is 19.0 Å². The lowest BCUT2D eigenvalue weighted by Gasteiger charge is -2.07. The molecule has 0 fully saturated rings. The lowest BCUT2D eigenvalue weighted by Crippen LogP contribution is -2.32. The average molecular weight is 324 g/mol. The fourth-order valence-corrected chi connectivity index (χ4v) is 2.00. The minimum Gasteiger partial charge on any atom is -0.311 e. The molecule has 0 aromatic carbocycles. The first-order valence-electron chi connectivity index (χ1n) is 7.22. The Bertz CT molecular complexity index is 627. The third-order valence-corrected chi connectivity index (χ3v) is 3.21. The number of unbranched alkanes of at least 4 members (excludes halogenated alkanes) is 1. The molecule has 2 rings (SSSR count). The largest absolute Gasteiger partial charge is 0.417 e. The highest BCUT2D eigenvalue weighted by Crippen LogP contribution is 2.28. The van der Waals surface area contributed by atoms with Crippen LogP contribution >= 0.6 is 0 Å². The highest BCUT2D eigenvalue weighted by Gasteiger charge is 2.30. The van der Waals surface area contributed by atoms with E-state index >= 15 is 0 Å². The number of carbonyl (C=O) groups excluding carboxylic acids is 1. The summed E-state index contributed by atoms with van der Waals surface area (Å²) in [4.78, 5) is 15.3. The van der Waals surface area contributed by atoms with Crippen LogP contribution in [0.2, 0.25) is 0 Å². The predicted molar refractivity (Wildman–Crippen MR) is 78.4 cm³/mol. The van der Waals surface area contributed by atoms with Crippen LogP contribution in [-0.2, 0) is 17.5 Å². The zero-order valence-electron chi connectivity index (χ0n) is 12.4. The number of nitrogens with zero attached hydrogens (tertiary/aromatic N) is 2. The van der Waals surface area contributed by atoms with Crippen LogP contribution < -0.4 is 9.88 Å². The Labute approximate surface area is 132 Å². The Kier molecular flexibility index (Phi) is 5.67. The maximum absolute atomic E-state index is 12.4. The number of amides is 1. The molecule has 0 unspecified atom stereocenters. The molecule has 0 bridgehead atoms. The van der Waals surface area contributed by atoms with Gasteiger partial charge in [0.25, 0.3) is 0 Å². The van der Waals surface area contributed by atoms with E-state index in [2.05, 4.69) is 10.3 Å². The first-order chi connectivity index (χ1) is 10.9. The van der Waals surface area contributed by atoms with Gasteiger partial charge in [-0.2, -0.15) is 13.2 Å². The van der Waals surface area contributed by atoms with Crippen molar-refractivity contribution >= 4 is 11.7 Å². The van der Waals surface area contributed by atoms with Crippen molar-refractivity contribution in [3.8, 4) is 0 Å². The molecule has 2 aromatic heterocycles. The fraction of sp³-hybridized carbons (Fsp3) is 0.312. The van der Waals surface area contributed by atoms with Gasteiger partial charge < -0.3 is 5.32 Å². The smallest absolute Gasteiger partial charge is 0.311 e. The molecule has 2 heterocycles. The van der Waals surface area contributed by atoms with E-state index in [9.17, 15) is 18.0 Å². The van der Waals surface area contributed by atoms with Gasteiger partial charge in [0.2, 0.25) is 5.91 Å². The van der Waals surface area contributed by atoms with Crippen molar-refractivity contribution in [2.24, 2.45) is 0 Å². The number of aryl methyl sites for hydroxylation is 1. The van der Waals surface area contributed by atoms with E-state index in [0.717, 1.165) is 25.1 Å². The van der Waals surface area contributed by atoms with Gasteiger partial charge in [0.05, 0.1) is 5.56 Å². The van der Waals surface area contributed by atoms with Crippen LogP contribution in [0.5, 0.6) is 0 Å². The second-order valence-corrected chi connectivity index (χ2v) is 5.05. The predicted octanol–water partition coefficient (Wildman–Crippen LogP) is 3.20. The van der Waals surface area contributed by atoms with E-state index in [4.69, 9.17) is 0 Å². The summed E-state index contributed by atoms with van der Waals surface area (Å²) in [5.74, 6) is -0.129. The summed E-state index contributed by atoms with van der Waals surface area (Å²) >= 11 is 0. The number of rotatable bonds is 6. The van der Waals surface area contributed by atoms with Crippen LogP contribution in [-0.4, -0.2) is 10.9 Å². The molecule has 0 aliphatic rings. The van der Waals surface area contributed by atoms with Crippen LogP contribution in [0.25, 0.3) is 0 Å². The Balaban J connectivity index is 1.72. The molecule has 0 saturated carbocycles. The molecule has 2 aromatic rings. The summed E-state index contributed by atoms with van der Waals surface area (Å²) in [6.45, 7) is 0.812. The summed E-state index contributed by atoms with van der Waals surface area (Å²) in [6.07, 6.45) is 2.01. The van der Waals surface area contributed by atoms with E-state index in [0.29, 0.717) is 19.0 Å². The molecule has 0 saturated heterocycles. The van der Waals surface area contributed by atoms with Gasteiger partial charge in [-0.25, -0.2) is 9.55 Å². The standard InChI is InChI=1S/C16H16F3N3O/c17-16(18,19)13-7-8-14(20-12-13)21-15(23)6-2-5-11-22-9-3-1-4-10-22/h1,3-4,7-10,12H,2,5-6,11H2/p+1. The van der Waals surface area contributed by atoms with Crippen LogP contribution in [0.15, 0.2) is 48.9 Å². The second-order valence-electron chi connectivity index (χ2n) is 5.05. The first-order valence-corrected chi connectivity index (χ1v) is 7.22. The monoisotopic (exact) mass is 324 g/mol. The van der Waals surface area contributed by atoms with Crippen LogP contribution in [0.3, 0.4) is 0 Å². The summed E-state index contributed by atoms with van der Waals surface area (Å²) < 4.78 is 39.2. The zero-order valence-corrected chi connectivity index (χ0v) is 12.4. The third-order valence-electron chi connectivity index (χ3n) is 3.21. The molecule has 4 nitrogen and oxygen atoms in total. The van der Waals surface area contributed by atoms with Gasteiger partial charge in [-0.05, 0) is 18.6 Å². The van der Waals surface area contributed by atoms with E-state index in [1.807, 2.05) is 35.2 Å². The topological polar surface area (TPSA) is 45.9 Å². The van der Waals surface area contributed by atoms with Crippen molar-refractivity contribution < 1.29 is 22.5 Å². The number of halogens is 3. The normalized spacial score (nSPS) is 11.3. The van der Waals surface area contributed by atoms with E-state index in [1.165, 1.54) is 0 Å². The highest BCUT2D eigenvalue weighted by atomic mass is 19.4. The molecule has 0 atom stereocenters. The quantitative estimate of drug-likeness (QED) is 0.655. The highest BCUT2D eigenvalue weighted by molar-refractivity contribution is 5.89. The van der Waals surface area contributed by atoms with E-state index < -0.39 is 11.7 Å². The third kappa shape index (κ3) is 5.69. The van der Waals surface area contributed by atoms with Gasteiger partial charge in [0, 0.05) is 31.2 Å². The zero-order chi connectivity index (χ0) is 16.7. The van der Waals surface area contributed by atoms with Crippen molar-refractivity contribution in [3.63, 3.8) is 0 Å². The van der Waals surface area contributed by atoms with Crippen molar-refractivity contribution in [3.05, 3.63) is 54.5 Å². The van der Waals surface area contributed by atoms with Gasteiger partial charge in [0.1, 0.15) is 12.4 Å². The summed E-state index contributed by atoms with van der Waals surface area (Å²) in [5, 5.41) is 2.50. The van der Waals surface area contributed by atoms with Crippen molar-refractivity contribution in [2.45, 2.75) is 32.0 Å². The first kappa shape index (κ1) is 16.9. The molecule has 7 heteroatoms. The summed E-state index contributed by atoms with van der Waals surface area (Å²) in [6, 6.07) is 7.85. The molecule has 122 valence electrons. The fourth-order valence-electron chi connectivity index (χ4n) is 2.00. The molecule has 1 N–H and O–H groups in total. The molecule has 23 heavy (non-hydrogen) atoms. The van der Waals surface area contributed by atoms with Gasteiger partial charge in [0.15, 0.2) is 12.4 Å². The second kappa shape index (κ2) is 7.71. The Morgan fingerprint density at radius 1 is 1.13 bits per heavy atom. The number of nitrogens with one attached hydrogen (secondary N) is 1. The number of aromatic nitrogens is 2. The number of pyridine rings is 2. The average Bonchev–Trinajstić information content (AvgIpc) is 2.52. The molecule has 0 spiro atoms. The van der Waals surface area contributed by atoms with E-state index in [-0.39, 0.29) is 11.7 Å². The Morgan fingerprint density at radius 2 is 1.87 bits per heavy atom. The van der Waals surface area contributed by atoms with Gasteiger partial charge in [-0.3, -0.25) is 4.79 Å². The number of anilines is 1. The molecule has 0 radical (unpaired) electrons. The lowest BCUT2D eigenvalue weighted by atomic mass is 10.2. The van der Waals surface area contributed by atoms with Gasteiger partial charge in [-0.1, -0.05) is 6.07 Å². The van der Waals surface area contributed by atoms with Crippen molar-refractivity contribution in [1.82, 2.24) is 4.98 Å². The summed E-state index contributed by atoms with van der Waals surface area (Å²) in [7, 11) is 0. The lowest BCUT2D eigenvalue weighted by molar-refractivity contribution is -0.697. The Morgan fingerprint density at radius 3 is 2.48 bits per heavy atom. The molecular formula is C16H17F3N3O+. The van der Waals surface area contributed by atoms with Gasteiger partial charge in [-0.15, -0.1) is 0 Å². The molecular weight excluding hydrogens is 307 g/mol. The number of hydrogen-bond donors (Lipinski definition) is 1. The maximum Gasteiger partial charge on any atom is 0.417 e. The minimum atomic E-state index is -4.43. The molecule has 0 aliphatic heterocycles. The van der Waals surface area contributed by atoms with Crippen LogP contribution in [0.1, 0.15) is 24.8 Å². The Hall–Kier alpha value is -2.44. The summed E-state index contributed by atoms with van der Waals surface area (Å²) in [5.41, 5.74) is -0.838. The van der Waals surface area contributed by atoms with Crippen molar-refractivity contribution in [2.75, 3.05) is 5.32 Å². The number of carbonyl (C=O) groups is 1. The van der Waals surface area contributed by atoms with E-state index in [1.54, 1.807) is 0 Å². The minimum absolute atomic E-state index is 0.125. The number of hydrogen-bond acceptors (Lipinski definition) is 2. The number of alkyl halides is 3. The SMILES string of the molecule is O=C(CCCC[n+]1ccccc1)Nc1ccc(C(F)(F)F)cn1. The van der Waals surface area contributed by atoms with Gasteiger partial charge >= 0.3 is 6.18 Å².